The van der Waals surface area contributed by atoms with E-state index < -0.39 is 11.7 Å². The number of nitrogens with two attached hydrogens (primary N) is 1. The lowest BCUT2D eigenvalue weighted by atomic mass is 10.1. The fourth-order valence-corrected chi connectivity index (χ4v) is 2.95. The largest absolute Gasteiger partial charge is 0.364 e. The van der Waals surface area contributed by atoms with Crippen LogP contribution in [-0.2, 0) is 0 Å². The summed E-state index contributed by atoms with van der Waals surface area (Å²) in [7, 11) is 0. The zero-order valence-corrected chi connectivity index (χ0v) is 15.6. The van der Waals surface area contributed by atoms with E-state index in [0.29, 0.717) is 27.8 Å². The van der Waals surface area contributed by atoms with Crippen LogP contribution >= 0.6 is 0 Å². The average molecular weight is 401 g/mol. The van der Waals surface area contributed by atoms with Crippen LogP contribution in [0.1, 0.15) is 20.8 Å². The van der Waals surface area contributed by atoms with Crippen molar-refractivity contribution in [3.63, 3.8) is 0 Å². The number of carbonyl (C=O) groups excluding carboxylic acids is 2. The van der Waals surface area contributed by atoms with Crippen molar-refractivity contribution < 1.29 is 14.0 Å². The molecule has 0 saturated carbocycles. The molecule has 0 fully saturated rings. The van der Waals surface area contributed by atoms with E-state index in [-0.39, 0.29) is 17.3 Å². The van der Waals surface area contributed by atoms with Gasteiger partial charge in [-0.3, -0.25) is 9.59 Å². The van der Waals surface area contributed by atoms with Gasteiger partial charge in [-0.05, 0) is 54.6 Å². The SMILES string of the molecule is NC(=O)c1nnc2ccc(F)cc2c1Nc1ccc(C(=O)Nc2ccccc2)cc1. The molecule has 0 aliphatic carbocycles. The summed E-state index contributed by atoms with van der Waals surface area (Å²) in [6.45, 7) is 0. The fourth-order valence-electron chi connectivity index (χ4n) is 2.95. The Bertz CT molecular complexity index is 1240. The van der Waals surface area contributed by atoms with Crippen molar-refractivity contribution in [2.75, 3.05) is 10.6 Å². The summed E-state index contributed by atoms with van der Waals surface area (Å²) in [5.41, 5.74) is 7.64. The Balaban J connectivity index is 1.62. The molecule has 0 radical (unpaired) electrons. The molecule has 0 atom stereocenters. The molecular weight excluding hydrogens is 385 g/mol. The molecule has 1 aromatic heterocycles. The van der Waals surface area contributed by atoms with Gasteiger partial charge in [-0.15, -0.1) is 10.2 Å². The van der Waals surface area contributed by atoms with E-state index in [1.165, 1.54) is 18.2 Å². The second-order valence-electron chi connectivity index (χ2n) is 6.47. The maximum Gasteiger partial charge on any atom is 0.271 e. The highest BCUT2D eigenvalue weighted by atomic mass is 19.1. The number of hydrogen-bond donors (Lipinski definition) is 3. The van der Waals surface area contributed by atoms with Crippen molar-refractivity contribution in [1.29, 1.82) is 0 Å². The highest BCUT2D eigenvalue weighted by molar-refractivity contribution is 6.06. The van der Waals surface area contributed by atoms with Gasteiger partial charge in [-0.2, -0.15) is 0 Å². The van der Waals surface area contributed by atoms with Crippen LogP contribution in [0.5, 0.6) is 0 Å². The van der Waals surface area contributed by atoms with Crippen LogP contribution in [-0.4, -0.2) is 22.0 Å². The number of fused-ring (bicyclic) bond motifs is 1. The minimum atomic E-state index is -0.796. The Morgan fingerprint density at radius 1 is 0.867 bits per heavy atom. The molecule has 0 spiro atoms. The molecule has 0 unspecified atom stereocenters. The third-order valence-corrected chi connectivity index (χ3v) is 4.40. The number of hydrogen-bond acceptors (Lipinski definition) is 5. The molecule has 4 N–H and O–H groups in total. The van der Waals surface area contributed by atoms with E-state index in [0.717, 1.165) is 0 Å². The summed E-state index contributed by atoms with van der Waals surface area (Å²) in [4.78, 5) is 24.2. The smallest absolute Gasteiger partial charge is 0.271 e. The summed E-state index contributed by atoms with van der Waals surface area (Å²) in [5, 5.41) is 14.0. The van der Waals surface area contributed by atoms with Crippen molar-refractivity contribution in [1.82, 2.24) is 10.2 Å². The number of para-hydroxylation sites is 1. The van der Waals surface area contributed by atoms with E-state index >= 15 is 0 Å². The van der Waals surface area contributed by atoms with Crippen LogP contribution < -0.4 is 16.4 Å². The highest BCUT2D eigenvalue weighted by Crippen LogP contribution is 2.28. The number of carbonyl (C=O) groups is 2. The summed E-state index contributed by atoms with van der Waals surface area (Å²) in [5.74, 6) is -1.54. The van der Waals surface area contributed by atoms with Gasteiger partial charge in [0.25, 0.3) is 11.8 Å². The molecule has 4 rings (SSSR count). The molecule has 148 valence electrons. The number of rotatable bonds is 5. The molecule has 30 heavy (non-hydrogen) atoms. The Hall–Kier alpha value is -4.33. The Labute approximate surface area is 170 Å². The number of nitrogens with one attached hydrogen (secondary N) is 2. The van der Waals surface area contributed by atoms with Crippen molar-refractivity contribution >= 4 is 39.8 Å². The normalized spacial score (nSPS) is 10.6. The Morgan fingerprint density at radius 3 is 2.30 bits per heavy atom. The van der Waals surface area contributed by atoms with Crippen molar-refractivity contribution in [3.8, 4) is 0 Å². The van der Waals surface area contributed by atoms with E-state index in [1.54, 1.807) is 36.4 Å². The molecule has 4 aromatic rings. The number of amides is 2. The van der Waals surface area contributed by atoms with Crippen LogP contribution in [0.15, 0.2) is 72.8 Å². The minimum Gasteiger partial charge on any atom is -0.364 e. The molecule has 8 heteroatoms. The van der Waals surface area contributed by atoms with Gasteiger partial charge in [0.2, 0.25) is 0 Å². The lowest BCUT2D eigenvalue weighted by Gasteiger charge is -2.12. The van der Waals surface area contributed by atoms with Gasteiger partial charge >= 0.3 is 0 Å². The van der Waals surface area contributed by atoms with E-state index in [9.17, 15) is 14.0 Å². The number of primary amides is 1. The van der Waals surface area contributed by atoms with Crippen LogP contribution in [0.3, 0.4) is 0 Å². The van der Waals surface area contributed by atoms with E-state index in [1.807, 2.05) is 18.2 Å². The third kappa shape index (κ3) is 3.93. The van der Waals surface area contributed by atoms with E-state index in [2.05, 4.69) is 20.8 Å². The molecule has 0 bridgehead atoms. The average Bonchev–Trinajstić information content (AvgIpc) is 2.75. The van der Waals surface area contributed by atoms with Gasteiger partial charge in [0.1, 0.15) is 5.82 Å². The lowest BCUT2D eigenvalue weighted by Crippen LogP contribution is -2.16. The van der Waals surface area contributed by atoms with Gasteiger partial charge in [-0.25, -0.2) is 4.39 Å². The minimum absolute atomic E-state index is 0.112. The first kappa shape index (κ1) is 19.0. The predicted octanol–water partition coefficient (Wildman–Crippen LogP) is 3.86. The van der Waals surface area contributed by atoms with Gasteiger partial charge < -0.3 is 16.4 Å². The zero-order chi connectivity index (χ0) is 21.1. The highest BCUT2D eigenvalue weighted by Gasteiger charge is 2.16. The van der Waals surface area contributed by atoms with Crippen LogP contribution in [0.25, 0.3) is 10.9 Å². The first-order chi connectivity index (χ1) is 14.5. The van der Waals surface area contributed by atoms with Gasteiger partial charge in [0, 0.05) is 22.3 Å². The third-order valence-electron chi connectivity index (χ3n) is 4.40. The Morgan fingerprint density at radius 2 is 1.60 bits per heavy atom. The quantitative estimate of drug-likeness (QED) is 0.470. The molecule has 0 aliphatic rings. The fraction of sp³-hybridized carbons (Fsp3) is 0. The van der Waals surface area contributed by atoms with Gasteiger partial charge in [0.05, 0.1) is 11.2 Å². The van der Waals surface area contributed by atoms with E-state index in [4.69, 9.17) is 5.73 Å². The van der Waals surface area contributed by atoms with Crippen LogP contribution in [0.4, 0.5) is 21.5 Å². The molecule has 1 heterocycles. The van der Waals surface area contributed by atoms with Crippen LogP contribution in [0.2, 0.25) is 0 Å². The summed E-state index contributed by atoms with van der Waals surface area (Å²) in [6, 6.07) is 19.6. The molecular formula is C22H16FN5O2. The second kappa shape index (κ2) is 7.96. The summed E-state index contributed by atoms with van der Waals surface area (Å²) < 4.78 is 13.8. The van der Waals surface area contributed by atoms with Crippen molar-refractivity contribution in [2.24, 2.45) is 5.73 Å². The van der Waals surface area contributed by atoms with Gasteiger partial charge in [0.15, 0.2) is 5.69 Å². The zero-order valence-electron chi connectivity index (χ0n) is 15.6. The number of benzene rings is 3. The van der Waals surface area contributed by atoms with Gasteiger partial charge in [-0.1, -0.05) is 18.2 Å². The topological polar surface area (TPSA) is 110 Å². The maximum absolute atomic E-state index is 13.8. The predicted molar refractivity (Wildman–Crippen MR) is 112 cm³/mol. The first-order valence-electron chi connectivity index (χ1n) is 9.00. The standard InChI is InChI=1S/C22H16FN5O2/c23-14-8-11-18-17(12-14)19(20(21(24)29)28-27-18)25-16-9-6-13(7-10-16)22(30)26-15-4-2-1-3-5-15/h1-12H,(H2,24,29)(H,25,27)(H,26,30). The van der Waals surface area contributed by atoms with Crippen molar-refractivity contribution in [3.05, 3.63) is 89.9 Å². The second-order valence-corrected chi connectivity index (χ2v) is 6.47. The summed E-state index contributed by atoms with van der Waals surface area (Å²) >= 11 is 0. The molecule has 0 saturated heterocycles. The summed E-state index contributed by atoms with van der Waals surface area (Å²) in [6.07, 6.45) is 0. The molecule has 2 amide bonds. The molecule has 3 aromatic carbocycles. The maximum atomic E-state index is 13.8. The number of nitrogens with zero attached hydrogens (tertiary/aromatic N) is 2. The molecule has 0 aliphatic heterocycles. The molecule has 7 nitrogen and oxygen atoms in total. The monoisotopic (exact) mass is 401 g/mol. The lowest BCUT2D eigenvalue weighted by molar-refractivity contribution is 0.0993. The van der Waals surface area contributed by atoms with Crippen molar-refractivity contribution in [2.45, 2.75) is 0 Å². The van der Waals surface area contributed by atoms with Crippen LogP contribution in [0, 0.1) is 5.82 Å². The first-order valence-corrected chi connectivity index (χ1v) is 9.00. The number of anilines is 3. The number of halogens is 1. The Kier molecular flexibility index (Phi) is 5.04. The number of aromatic nitrogens is 2.